The van der Waals surface area contributed by atoms with E-state index in [2.05, 4.69) is 11.3 Å². The van der Waals surface area contributed by atoms with E-state index in [1.54, 1.807) is 19.1 Å². The van der Waals surface area contributed by atoms with Crippen LogP contribution >= 0.6 is 0 Å². The van der Waals surface area contributed by atoms with Gasteiger partial charge in [0, 0.05) is 6.92 Å². The lowest BCUT2D eigenvalue weighted by molar-refractivity contribution is -0.137. The zero-order chi connectivity index (χ0) is 9.98. The Bertz CT molecular complexity index is 232. The fourth-order valence-electron chi connectivity index (χ4n) is 0.264. The third-order valence-corrected chi connectivity index (χ3v) is 0.657. The van der Waals surface area contributed by atoms with Crippen molar-refractivity contribution in [1.82, 2.24) is 0 Å². The van der Waals surface area contributed by atoms with Crippen LogP contribution in [0.15, 0.2) is 12.2 Å². The first-order chi connectivity index (χ1) is 5.63. The van der Waals surface area contributed by atoms with E-state index in [1.807, 2.05) is 0 Å². The lowest BCUT2D eigenvalue weighted by Crippen LogP contribution is -2.04. The van der Waals surface area contributed by atoms with E-state index in [1.165, 1.54) is 6.92 Å². The van der Waals surface area contributed by atoms with Crippen molar-refractivity contribution in [3.8, 4) is 12.1 Å². The zero-order valence-electron chi connectivity index (χ0n) is 7.13. The van der Waals surface area contributed by atoms with Crippen LogP contribution in [-0.4, -0.2) is 12.6 Å². The minimum Gasteiger partial charge on any atom is -0.462 e. The highest BCUT2D eigenvalue weighted by Gasteiger charge is 2.03. The number of rotatable bonds is 2. The Morgan fingerprint density at radius 2 is 2.00 bits per heavy atom. The van der Waals surface area contributed by atoms with Gasteiger partial charge in [0.05, 0.1) is 12.7 Å². The number of hydrogen-bond donors (Lipinski definition) is 0. The summed E-state index contributed by atoms with van der Waals surface area (Å²) in [6, 6.07) is 3.33. The van der Waals surface area contributed by atoms with Gasteiger partial charge in [-0.15, -0.1) is 0 Å². The summed E-state index contributed by atoms with van der Waals surface area (Å²) >= 11 is 0. The molecule has 0 amide bonds. The van der Waals surface area contributed by atoms with Gasteiger partial charge < -0.3 is 4.74 Å². The molecule has 0 rings (SSSR count). The monoisotopic (exact) mass is 166 g/mol. The molecule has 0 aromatic heterocycles. The molecule has 12 heavy (non-hydrogen) atoms. The van der Waals surface area contributed by atoms with Crippen molar-refractivity contribution < 1.29 is 9.53 Å². The highest BCUT2D eigenvalue weighted by molar-refractivity contribution is 5.91. The van der Waals surface area contributed by atoms with Crippen molar-refractivity contribution in [3.63, 3.8) is 0 Å². The molecule has 0 atom stereocenters. The lowest BCUT2D eigenvalue weighted by Gasteiger charge is -1.95. The Labute approximate surface area is 71.7 Å². The molecule has 0 heterocycles. The number of nitriles is 2. The Morgan fingerprint density at radius 3 is 2.25 bits per heavy atom. The third-order valence-electron chi connectivity index (χ3n) is 0.657. The van der Waals surface area contributed by atoms with Gasteiger partial charge in [0.1, 0.15) is 11.6 Å². The second kappa shape index (κ2) is 9.19. The van der Waals surface area contributed by atoms with Crippen molar-refractivity contribution in [2.75, 3.05) is 6.61 Å². The van der Waals surface area contributed by atoms with E-state index < -0.39 is 5.97 Å². The topological polar surface area (TPSA) is 73.9 Å². The van der Waals surface area contributed by atoms with E-state index in [0.29, 0.717) is 0 Å². The average Bonchev–Trinajstić information content (AvgIpc) is 2.05. The molecule has 4 heteroatoms. The maximum atomic E-state index is 10.4. The number of carbonyl (C=O) groups is 1. The van der Waals surface area contributed by atoms with Gasteiger partial charge in [0.15, 0.2) is 0 Å². The van der Waals surface area contributed by atoms with Crippen LogP contribution in [0, 0.1) is 22.7 Å². The fourth-order valence-corrected chi connectivity index (χ4v) is 0.264. The second-order valence-corrected chi connectivity index (χ2v) is 1.53. The van der Waals surface area contributed by atoms with Crippen LogP contribution in [0.5, 0.6) is 0 Å². The lowest BCUT2D eigenvalue weighted by atomic mass is 10.3. The summed E-state index contributed by atoms with van der Waals surface area (Å²) in [4.78, 5) is 10.4. The number of hydrogen-bond acceptors (Lipinski definition) is 4. The number of esters is 1. The predicted octanol–water partition coefficient (Wildman–Crippen LogP) is 1.16. The molecule has 0 unspecified atom stereocenters. The first-order valence-corrected chi connectivity index (χ1v) is 3.20. The minimum absolute atomic E-state index is 0.156. The third kappa shape index (κ3) is 8.19. The molecule has 0 N–H and O–H groups in total. The van der Waals surface area contributed by atoms with E-state index >= 15 is 0 Å². The van der Waals surface area contributed by atoms with Crippen LogP contribution in [0.25, 0.3) is 0 Å². The first-order valence-electron chi connectivity index (χ1n) is 3.20. The predicted molar refractivity (Wildman–Crippen MR) is 42.7 cm³/mol. The summed E-state index contributed by atoms with van der Waals surface area (Å²) in [5.41, 5.74) is -0.156. The molecule has 0 bridgehead atoms. The molecule has 0 aromatic rings. The second-order valence-electron chi connectivity index (χ2n) is 1.53. The molecular formula is C8H10N2O2. The molecule has 0 aliphatic carbocycles. The van der Waals surface area contributed by atoms with Gasteiger partial charge >= 0.3 is 5.97 Å². The normalized spacial score (nSPS) is 6.33. The fraction of sp³-hybridized carbons (Fsp3) is 0.375. The Morgan fingerprint density at radius 1 is 1.58 bits per heavy atom. The van der Waals surface area contributed by atoms with Crippen LogP contribution in [0.1, 0.15) is 13.8 Å². The maximum Gasteiger partial charge on any atom is 0.348 e. The molecule has 0 fully saturated rings. The zero-order valence-corrected chi connectivity index (χ0v) is 7.13. The summed E-state index contributed by atoms with van der Waals surface area (Å²) in [7, 11) is 0. The van der Waals surface area contributed by atoms with Crippen molar-refractivity contribution in [2.45, 2.75) is 13.8 Å². The van der Waals surface area contributed by atoms with E-state index in [4.69, 9.17) is 10.5 Å². The summed E-state index contributed by atoms with van der Waals surface area (Å²) < 4.78 is 4.43. The van der Waals surface area contributed by atoms with E-state index in [9.17, 15) is 4.79 Å². The summed E-state index contributed by atoms with van der Waals surface area (Å²) in [6.45, 7) is 6.53. The molecule has 4 nitrogen and oxygen atoms in total. The van der Waals surface area contributed by atoms with Crippen molar-refractivity contribution in [2.24, 2.45) is 0 Å². The highest BCUT2D eigenvalue weighted by atomic mass is 16.5. The molecule has 0 radical (unpaired) electrons. The van der Waals surface area contributed by atoms with Crippen LogP contribution in [0.3, 0.4) is 0 Å². The van der Waals surface area contributed by atoms with Crippen molar-refractivity contribution >= 4 is 5.97 Å². The first kappa shape index (κ1) is 12.8. The SMILES string of the molecule is C=C(C#N)C(=O)OCC.CC#N. The molecular weight excluding hydrogens is 156 g/mol. The van der Waals surface area contributed by atoms with Gasteiger partial charge in [-0.2, -0.15) is 10.5 Å². The van der Waals surface area contributed by atoms with Gasteiger partial charge in [-0.1, -0.05) is 6.58 Å². The molecule has 0 aromatic carbocycles. The van der Waals surface area contributed by atoms with Crippen LogP contribution in [0.4, 0.5) is 0 Å². The number of nitrogens with zero attached hydrogens (tertiary/aromatic N) is 2. The van der Waals surface area contributed by atoms with Gasteiger partial charge in [-0.05, 0) is 6.92 Å². The Hall–Kier alpha value is -1.81. The Balaban J connectivity index is 0. The summed E-state index contributed by atoms with van der Waals surface area (Å²) in [5.74, 6) is -0.639. The minimum atomic E-state index is -0.639. The van der Waals surface area contributed by atoms with E-state index in [0.717, 1.165) is 0 Å². The average molecular weight is 166 g/mol. The van der Waals surface area contributed by atoms with Crippen molar-refractivity contribution in [1.29, 1.82) is 10.5 Å². The summed E-state index contributed by atoms with van der Waals surface area (Å²) in [5, 5.41) is 15.4. The number of carbonyl (C=O) groups excluding carboxylic acids is 1. The Kier molecular flexibility index (Phi) is 9.83. The largest absolute Gasteiger partial charge is 0.462 e. The van der Waals surface area contributed by atoms with Gasteiger partial charge in [0.25, 0.3) is 0 Å². The van der Waals surface area contributed by atoms with Crippen LogP contribution < -0.4 is 0 Å². The van der Waals surface area contributed by atoms with Crippen molar-refractivity contribution in [3.05, 3.63) is 12.2 Å². The van der Waals surface area contributed by atoms with Crippen LogP contribution in [-0.2, 0) is 9.53 Å². The standard InChI is InChI=1S/C6H7NO2.C2H3N/c1-3-9-6(8)5(2)4-7;1-2-3/h2-3H2,1H3;1H3. The smallest absolute Gasteiger partial charge is 0.348 e. The summed E-state index contributed by atoms with van der Waals surface area (Å²) in [6.07, 6.45) is 0. The maximum absolute atomic E-state index is 10.4. The van der Waals surface area contributed by atoms with Crippen LogP contribution in [0.2, 0.25) is 0 Å². The highest BCUT2D eigenvalue weighted by Crippen LogP contribution is 1.90. The molecule has 0 aliphatic rings. The number of ether oxygens (including phenoxy) is 1. The van der Waals surface area contributed by atoms with Gasteiger partial charge in [-0.3, -0.25) is 0 Å². The molecule has 0 spiro atoms. The molecule has 64 valence electrons. The van der Waals surface area contributed by atoms with E-state index in [-0.39, 0.29) is 12.2 Å². The van der Waals surface area contributed by atoms with Gasteiger partial charge in [-0.25, -0.2) is 4.79 Å². The quantitative estimate of drug-likeness (QED) is 0.350. The molecule has 0 aliphatic heterocycles. The van der Waals surface area contributed by atoms with Gasteiger partial charge in [0.2, 0.25) is 0 Å². The molecule has 0 saturated heterocycles. The molecule has 0 saturated carbocycles.